The average molecular weight is 413 g/mol. The maximum atomic E-state index is 13.0. The molecule has 3 aromatic rings. The maximum absolute atomic E-state index is 13.0. The average Bonchev–Trinajstić information content (AvgIpc) is 3.13. The summed E-state index contributed by atoms with van der Waals surface area (Å²) in [5.74, 6) is -0.322. The minimum absolute atomic E-state index is 0.199. The minimum atomic E-state index is -3.65. The quantitative estimate of drug-likeness (QED) is 0.688. The molecule has 2 aromatic carbocycles. The Hall–Kier alpha value is -2.68. The van der Waals surface area contributed by atoms with E-state index in [1.54, 1.807) is 25.1 Å². The van der Waals surface area contributed by atoms with E-state index in [4.69, 9.17) is 4.74 Å². The summed E-state index contributed by atoms with van der Waals surface area (Å²) in [4.78, 5) is 16.0. The van der Waals surface area contributed by atoms with Crippen molar-refractivity contribution in [1.29, 1.82) is 0 Å². The number of hydrogen-bond donors (Lipinski definition) is 2. The van der Waals surface area contributed by atoms with E-state index in [1.165, 1.54) is 10.4 Å². The van der Waals surface area contributed by atoms with Gasteiger partial charge in [0, 0.05) is 29.7 Å². The molecule has 1 aliphatic rings. The number of hydrogen-bond acceptors (Lipinski definition) is 4. The number of sulfonamides is 1. The van der Waals surface area contributed by atoms with Crippen molar-refractivity contribution in [3.8, 4) is 0 Å². The SMILES string of the molecule is Cc1ccc2cc(C(=O)Nc3ccc(C)c(S(=O)(=O)N4CCOCC4)c3)[nH]c2c1. The highest BCUT2D eigenvalue weighted by atomic mass is 32.2. The van der Waals surface area contributed by atoms with Gasteiger partial charge in [0.1, 0.15) is 5.69 Å². The summed E-state index contributed by atoms with van der Waals surface area (Å²) in [6.07, 6.45) is 0. The molecule has 8 heteroatoms. The smallest absolute Gasteiger partial charge is 0.272 e. The van der Waals surface area contributed by atoms with Crippen molar-refractivity contribution in [1.82, 2.24) is 9.29 Å². The first-order valence-corrected chi connectivity index (χ1v) is 10.9. The number of rotatable bonds is 4. The molecule has 2 heterocycles. The molecular formula is C21H23N3O4S. The first-order valence-electron chi connectivity index (χ1n) is 9.44. The molecule has 152 valence electrons. The van der Waals surface area contributed by atoms with E-state index in [-0.39, 0.29) is 10.8 Å². The fraction of sp³-hybridized carbons (Fsp3) is 0.286. The first-order chi connectivity index (χ1) is 13.8. The number of aryl methyl sites for hydroxylation is 2. The van der Waals surface area contributed by atoms with Crippen LogP contribution in [-0.2, 0) is 14.8 Å². The number of carbonyl (C=O) groups excluding carboxylic acids is 1. The van der Waals surface area contributed by atoms with Crippen LogP contribution in [0.3, 0.4) is 0 Å². The van der Waals surface area contributed by atoms with Crippen molar-refractivity contribution >= 4 is 32.5 Å². The largest absolute Gasteiger partial charge is 0.379 e. The lowest BCUT2D eigenvalue weighted by atomic mass is 10.2. The highest BCUT2D eigenvalue weighted by Gasteiger charge is 2.28. The van der Waals surface area contributed by atoms with Gasteiger partial charge in [-0.25, -0.2) is 8.42 Å². The number of morpholine rings is 1. The van der Waals surface area contributed by atoms with Crippen molar-refractivity contribution in [2.24, 2.45) is 0 Å². The predicted octanol–water partition coefficient (Wildman–Crippen LogP) is 3.06. The van der Waals surface area contributed by atoms with Gasteiger partial charge in [-0.15, -0.1) is 0 Å². The van der Waals surface area contributed by atoms with Gasteiger partial charge < -0.3 is 15.0 Å². The van der Waals surface area contributed by atoms with E-state index in [2.05, 4.69) is 10.3 Å². The third-order valence-corrected chi connectivity index (χ3v) is 7.10. The summed E-state index contributed by atoms with van der Waals surface area (Å²) < 4.78 is 32.7. The van der Waals surface area contributed by atoms with Gasteiger partial charge in [0.25, 0.3) is 5.91 Å². The standard InChI is InChI=1S/C21H23N3O4S/c1-14-3-5-16-12-19(23-18(16)11-14)21(25)22-17-6-4-15(2)20(13-17)29(26,27)24-7-9-28-10-8-24/h3-6,11-13,23H,7-10H2,1-2H3,(H,22,25). The number of H-pyrrole nitrogens is 1. The van der Waals surface area contributed by atoms with Crippen LogP contribution in [-0.4, -0.2) is 49.9 Å². The Labute approximate surface area is 169 Å². The second kappa shape index (κ2) is 7.62. The molecule has 1 amide bonds. The van der Waals surface area contributed by atoms with Crippen LogP contribution in [0.15, 0.2) is 47.4 Å². The van der Waals surface area contributed by atoms with Crippen LogP contribution in [0.4, 0.5) is 5.69 Å². The highest BCUT2D eigenvalue weighted by Crippen LogP contribution is 2.25. The highest BCUT2D eigenvalue weighted by molar-refractivity contribution is 7.89. The summed E-state index contributed by atoms with van der Waals surface area (Å²) in [6, 6.07) is 12.6. The molecule has 7 nitrogen and oxygen atoms in total. The van der Waals surface area contributed by atoms with Crippen LogP contribution in [0.5, 0.6) is 0 Å². The van der Waals surface area contributed by atoms with E-state index >= 15 is 0 Å². The second-order valence-electron chi connectivity index (χ2n) is 7.22. The van der Waals surface area contributed by atoms with Crippen LogP contribution in [0, 0.1) is 13.8 Å². The first kappa shape index (κ1) is 19.6. The van der Waals surface area contributed by atoms with Gasteiger partial charge in [-0.2, -0.15) is 4.31 Å². The van der Waals surface area contributed by atoms with Gasteiger partial charge in [-0.1, -0.05) is 18.2 Å². The van der Waals surface area contributed by atoms with Crippen molar-refractivity contribution in [2.75, 3.05) is 31.6 Å². The van der Waals surface area contributed by atoms with Crippen LogP contribution in [0.2, 0.25) is 0 Å². The number of ether oxygens (including phenoxy) is 1. The van der Waals surface area contributed by atoms with E-state index in [0.29, 0.717) is 43.2 Å². The topological polar surface area (TPSA) is 91.5 Å². The molecule has 0 saturated carbocycles. The third kappa shape index (κ3) is 3.91. The summed E-state index contributed by atoms with van der Waals surface area (Å²) >= 11 is 0. The number of carbonyl (C=O) groups is 1. The molecule has 0 atom stereocenters. The molecule has 1 aliphatic heterocycles. The van der Waals surface area contributed by atoms with Crippen molar-refractivity contribution in [3.05, 3.63) is 59.3 Å². The molecule has 1 aromatic heterocycles. The Morgan fingerprint density at radius 3 is 2.59 bits per heavy atom. The number of amides is 1. The lowest BCUT2D eigenvalue weighted by Gasteiger charge is -2.26. The predicted molar refractivity (Wildman–Crippen MR) is 112 cm³/mol. The van der Waals surface area contributed by atoms with E-state index in [0.717, 1.165) is 16.5 Å². The Kier molecular flexibility index (Phi) is 5.16. The number of nitrogens with zero attached hydrogens (tertiary/aromatic N) is 1. The number of benzene rings is 2. The molecule has 0 aliphatic carbocycles. The van der Waals surface area contributed by atoms with Crippen LogP contribution < -0.4 is 5.32 Å². The molecule has 2 N–H and O–H groups in total. The normalized spacial score (nSPS) is 15.5. The summed E-state index contributed by atoms with van der Waals surface area (Å²) in [5.41, 5.74) is 3.47. The summed E-state index contributed by atoms with van der Waals surface area (Å²) in [7, 11) is -3.65. The van der Waals surface area contributed by atoms with Crippen molar-refractivity contribution in [2.45, 2.75) is 18.7 Å². The molecule has 4 rings (SSSR count). The summed E-state index contributed by atoms with van der Waals surface area (Å²) in [6.45, 7) is 5.16. The Balaban J connectivity index is 1.60. The van der Waals surface area contributed by atoms with Crippen molar-refractivity contribution in [3.63, 3.8) is 0 Å². The molecule has 0 spiro atoms. The number of anilines is 1. The van der Waals surface area contributed by atoms with Gasteiger partial charge >= 0.3 is 0 Å². The molecule has 1 fully saturated rings. The minimum Gasteiger partial charge on any atom is -0.379 e. The third-order valence-electron chi connectivity index (χ3n) is 5.06. The zero-order valence-corrected chi connectivity index (χ0v) is 17.2. The summed E-state index contributed by atoms with van der Waals surface area (Å²) in [5, 5.41) is 3.74. The lowest BCUT2D eigenvalue weighted by molar-refractivity contribution is 0.0730. The van der Waals surface area contributed by atoms with Crippen LogP contribution >= 0.6 is 0 Å². The maximum Gasteiger partial charge on any atom is 0.272 e. The van der Waals surface area contributed by atoms with Gasteiger partial charge in [-0.3, -0.25) is 4.79 Å². The van der Waals surface area contributed by atoms with Crippen molar-refractivity contribution < 1.29 is 17.9 Å². The van der Waals surface area contributed by atoms with Crippen LogP contribution in [0.25, 0.3) is 10.9 Å². The number of aromatic amines is 1. The van der Waals surface area contributed by atoms with Gasteiger partial charge in [0.2, 0.25) is 10.0 Å². The number of aromatic nitrogens is 1. The monoisotopic (exact) mass is 413 g/mol. The van der Waals surface area contributed by atoms with Gasteiger partial charge in [-0.05, 0) is 49.2 Å². The van der Waals surface area contributed by atoms with E-state index in [1.807, 2.05) is 25.1 Å². The van der Waals surface area contributed by atoms with Crippen LogP contribution in [0.1, 0.15) is 21.6 Å². The Morgan fingerprint density at radius 1 is 1.07 bits per heavy atom. The van der Waals surface area contributed by atoms with E-state index in [9.17, 15) is 13.2 Å². The fourth-order valence-corrected chi connectivity index (χ4v) is 5.10. The fourth-order valence-electron chi connectivity index (χ4n) is 3.44. The second-order valence-corrected chi connectivity index (χ2v) is 9.13. The van der Waals surface area contributed by atoms with Gasteiger partial charge in [0.15, 0.2) is 0 Å². The molecular weight excluding hydrogens is 390 g/mol. The molecule has 1 saturated heterocycles. The molecule has 0 radical (unpaired) electrons. The molecule has 29 heavy (non-hydrogen) atoms. The Morgan fingerprint density at radius 2 is 1.83 bits per heavy atom. The van der Waals surface area contributed by atoms with E-state index < -0.39 is 10.0 Å². The Bertz CT molecular complexity index is 1180. The molecule has 0 unspecified atom stereocenters. The lowest BCUT2D eigenvalue weighted by Crippen LogP contribution is -2.40. The number of fused-ring (bicyclic) bond motifs is 1. The zero-order chi connectivity index (χ0) is 20.6. The zero-order valence-electron chi connectivity index (χ0n) is 16.4. The number of nitrogens with one attached hydrogen (secondary N) is 2. The van der Waals surface area contributed by atoms with Gasteiger partial charge in [0.05, 0.1) is 18.1 Å². The molecule has 0 bridgehead atoms.